The normalized spacial score (nSPS) is 12.1. The van der Waals surface area contributed by atoms with E-state index in [1.807, 2.05) is 36.6 Å². The van der Waals surface area contributed by atoms with E-state index in [9.17, 15) is 5.11 Å². The molecule has 1 unspecified atom stereocenters. The number of benzene rings is 1. The van der Waals surface area contributed by atoms with Gasteiger partial charge in [0.15, 0.2) is 5.16 Å². The Morgan fingerprint density at radius 2 is 2.05 bits per heavy atom. The lowest BCUT2D eigenvalue weighted by Crippen LogP contribution is -2.27. The van der Waals surface area contributed by atoms with Gasteiger partial charge in [0, 0.05) is 6.07 Å². The van der Waals surface area contributed by atoms with Crippen molar-refractivity contribution >= 4 is 23.4 Å². The molecule has 106 valence electrons. The molecular weight excluding hydrogens is 272 g/mol. The molecule has 0 spiro atoms. The molecule has 20 heavy (non-hydrogen) atoms. The zero-order valence-electron chi connectivity index (χ0n) is 11.3. The van der Waals surface area contributed by atoms with Crippen LogP contribution < -0.4 is 11.1 Å². The predicted octanol–water partition coefficient (Wildman–Crippen LogP) is 1.80. The fraction of sp³-hybridized carbons (Fsp3) is 0.286. The van der Waals surface area contributed by atoms with Gasteiger partial charge < -0.3 is 16.2 Å². The number of thioether (sulfide) groups is 1. The number of aliphatic hydroxyl groups is 1. The van der Waals surface area contributed by atoms with Crippen molar-refractivity contribution < 1.29 is 5.11 Å². The molecule has 0 fully saturated rings. The fourth-order valence-corrected chi connectivity index (χ4v) is 2.26. The van der Waals surface area contributed by atoms with Gasteiger partial charge in [-0.05, 0) is 18.2 Å². The molecule has 0 bridgehead atoms. The van der Waals surface area contributed by atoms with Gasteiger partial charge in [-0.2, -0.15) is 0 Å². The molecule has 2 aromatic rings. The van der Waals surface area contributed by atoms with E-state index < -0.39 is 0 Å². The summed E-state index contributed by atoms with van der Waals surface area (Å²) in [6.07, 6.45) is 2.61. The van der Waals surface area contributed by atoms with Crippen molar-refractivity contribution in [1.82, 2.24) is 9.97 Å². The van der Waals surface area contributed by atoms with Crippen LogP contribution in [0.15, 0.2) is 41.6 Å². The van der Waals surface area contributed by atoms with Crippen molar-refractivity contribution in [3.63, 3.8) is 0 Å². The molecule has 0 aliphatic carbocycles. The molecule has 1 heterocycles. The maximum absolute atomic E-state index is 9.50. The van der Waals surface area contributed by atoms with Crippen LogP contribution in [-0.4, -0.2) is 34.0 Å². The van der Waals surface area contributed by atoms with E-state index in [-0.39, 0.29) is 12.6 Å². The molecule has 0 saturated heterocycles. The second kappa shape index (κ2) is 7.12. The van der Waals surface area contributed by atoms with Crippen LogP contribution in [0.25, 0.3) is 0 Å². The number of nitrogens with one attached hydrogen (secondary N) is 1. The molecule has 2 rings (SSSR count). The Kier molecular flexibility index (Phi) is 5.20. The molecule has 1 aromatic heterocycles. The number of nitrogens with two attached hydrogens (primary N) is 1. The Bertz CT molecular complexity index is 550. The first-order chi connectivity index (χ1) is 9.71. The van der Waals surface area contributed by atoms with Crippen LogP contribution in [0.1, 0.15) is 5.56 Å². The number of aromatic nitrogens is 2. The number of nitrogens with zero attached hydrogens (tertiary/aromatic N) is 2. The maximum Gasteiger partial charge on any atom is 0.191 e. The Hall–Kier alpha value is -1.79. The van der Waals surface area contributed by atoms with Crippen LogP contribution in [0.3, 0.4) is 0 Å². The minimum absolute atomic E-state index is 0.0212. The van der Waals surface area contributed by atoms with Crippen LogP contribution >= 0.6 is 11.8 Å². The lowest BCUT2D eigenvalue weighted by Gasteiger charge is -2.17. The van der Waals surface area contributed by atoms with Gasteiger partial charge in [-0.25, -0.2) is 9.97 Å². The maximum atomic E-state index is 9.50. The van der Waals surface area contributed by atoms with Gasteiger partial charge in [-0.1, -0.05) is 42.1 Å². The third-order valence-electron chi connectivity index (χ3n) is 2.81. The third kappa shape index (κ3) is 4.11. The molecule has 5 nitrogen and oxygen atoms in total. The van der Waals surface area contributed by atoms with Crippen LogP contribution in [0.5, 0.6) is 0 Å². The molecular formula is C14H18N4OS. The van der Waals surface area contributed by atoms with Gasteiger partial charge in [-0.3, -0.25) is 0 Å². The standard InChI is InChI=1S/C14H18N4OS/c1-20-14-17-12(15)8-13(18-14)16-11(9-19)7-10-5-3-2-4-6-10/h2-6,8,11,19H,7,9H2,1H3,(H3,15,16,17,18). The summed E-state index contributed by atoms with van der Waals surface area (Å²) < 4.78 is 0. The minimum Gasteiger partial charge on any atom is -0.394 e. The van der Waals surface area contributed by atoms with E-state index in [1.54, 1.807) is 6.07 Å². The Morgan fingerprint density at radius 3 is 2.70 bits per heavy atom. The van der Waals surface area contributed by atoms with Gasteiger partial charge >= 0.3 is 0 Å². The summed E-state index contributed by atoms with van der Waals surface area (Å²) in [4.78, 5) is 8.43. The number of nitrogen functional groups attached to an aromatic ring is 1. The van der Waals surface area contributed by atoms with Crippen molar-refractivity contribution in [2.24, 2.45) is 0 Å². The van der Waals surface area contributed by atoms with Gasteiger partial charge in [0.1, 0.15) is 11.6 Å². The number of anilines is 2. The van der Waals surface area contributed by atoms with Crippen LogP contribution in [-0.2, 0) is 6.42 Å². The highest BCUT2D eigenvalue weighted by atomic mass is 32.2. The predicted molar refractivity (Wildman–Crippen MR) is 82.9 cm³/mol. The van der Waals surface area contributed by atoms with E-state index in [4.69, 9.17) is 5.73 Å². The van der Waals surface area contributed by atoms with Gasteiger partial charge in [-0.15, -0.1) is 0 Å². The Morgan fingerprint density at radius 1 is 1.30 bits per heavy atom. The average Bonchev–Trinajstić information content (AvgIpc) is 2.47. The number of rotatable bonds is 6. The summed E-state index contributed by atoms with van der Waals surface area (Å²) in [5.41, 5.74) is 6.90. The zero-order valence-corrected chi connectivity index (χ0v) is 12.1. The molecule has 0 radical (unpaired) electrons. The highest BCUT2D eigenvalue weighted by Crippen LogP contribution is 2.16. The summed E-state index contributed by atoms with van der Waals surface area (Å²) >= 11 is 1.43. The molecule has 0 aliphatic rings. The van der Waals surface area contributed by atoms with Crippen molar-refractivity contribution in [1.29, 1.82) is 0 Å². The quantitative estimate of drug-likeness (QED) is 0.556. The summed E-state index contributed by atoms with van der Waals surface area (Å²) in [5.74, 6) is 1.06. The molecule has 1 atom stereocenters. The SMILES string of the molecule is CSc1nc(N)cc(NC(CO)Cc2ccccc2)n1. The molecule has 4 N–H and O–H groups in total. The topological polar surface area (TPSA) is 84.1 Å². The van der Waals surface area contributed by atoms with Crippen LogP contribution in [0, 0.1) is 0 Å². The molecule has 0 saturated carbocycles. The van der Waals surface area contributed by atoms with E-state index >= 15 is 0 Å². The number of aliphatic hydroxyl groups excluding tert-OH is 1. The van der Waals surface area contributed by atoms with E-state index in [0.717, 1.165) is 12.0 Å². The van der Waals surface area contributed by atoms with Crippen molar-refractivity contribution in [3.8, 4) is 0 Å². The van der Waals surface area contributed by atoms with E-state index in [0.29, 0.717) is 16.8 Å². The number of hydrogen-bond donors (Lipinski definition) is 3. The van der Waals surface area contributed by atoms with Gasteiger partial charge in [0.2, 0.25) is 0 Å². The lowest BCUT2D eigenvalue weighted by atomic mass is 10.1. The molecule has 0 amide bonds. The first-order valence-corrected chi connectivity index (χ1v) is 7.53. The molecule has 1 aromatic carbocycles. The van der Waals surface area contributed by atoms with Gasteiger partial charge in [0.05, 0.1) is 12.6 Å². The Balaban J connectivity index is 2.08. The Labute approximate surface area is 122 Å². The largest absolute Gasteiger partial charge is 0.394 e. The summed E-state index contributed by atoms with van der Waals surface area (Å²) in [7, 11) is 0. The van der Waals surface area contributed by atoms with E-state index in [2.05, 4.69) is 15.3 Å². The van der Waals surface area contributed by atoms with Crippen molar-refractivity contribution in [2.45, 2.75) is 17.6 Å². The van der Waals surface area contributed by atoms with Gasteiger partial charge in [0.25, 0.3) is 0 Å². The highest BCUT2D eigenvalue weighted by molar-refractivity contribution is 7.98. The average molecular weight is 290 g/mol. The monoisotopic (exact) mass is 290 g/mol. The first-order valence-electron chi connectivity index (χ1n) is 6.31. The molecule has 6 heteroatoms. The summed E-state index contributed by atoms with van der Waals surface area (Å²) in [6, 6.07) is 11.6. The summed E-state index contributed by atoms with van der Waals surface area (Å²) in [6.45, 7) is 0.0212. The van der Waals surface area contributed by atoms with Crippen LogP contribution in [0.4, 0.5) is 11.6 Å². The minimum atomic E-state index is -0.110. The first kappa shape index (κ1) is 14.6. The third-order valence-corrected chi connectivity index (χ3v) is 3.35. The highest BCUT2D eigenvalue weighted by Gasteiger charge is 2.10. The second-order valence-corrected chi connectivity index (χ2v) is 5.15. The van der Waals surface area contributed by atoms with Crippen molar-refractivity contribution in [3.05, 3.63) is 42.0 Å². The fourth-order valence-electron chi connectivity index (χ4n) is 1.88. The second-order valence-electron chi connectivity index (χ2n) is 4.38. The van der Waals surface area contributed by atoms with Crippen molar-refractivity contribution in [2.75, 3.05) is 23.9 Å². The number of hydrogen-bond acceptors (Lipinski definition) is 6. The molecule has 0 aliphatic heterocycles. The van der Waals surface area contributed by atoms with Crippen LogP contribution in [0.2, 0.25) is 0 Å². The zero-order chi connectivity index (χ0) is 14.4. The smallest absolute Gasteiger partial charge is 0.191 e. The summed E-state index contributed by atoms with van der Waals surface area (Å²) in [5, 5.41) is 13.3. The lowest BCUT2D eigenvalue weighted by molar-refractivity contribution is 0.273. The van der Waals surface area contributed by atoms with E-state index in [1.165, 1.54) is 11.8 Å².